The predicted molar refractivity (Wildman–Crippen MR) is 66.6 cm³/mol. The minimum absolute atomic E-state index is 0.0358. The largest absolute Gasteiger partial charge is 0.477 e. The first-order valence-electron chi connectivity index (χ1n) is 5.96. The molecule has 0 aliphatic heterocycles. The third kappa shape index (κ3) is 1.78. The fourth-order valence-electron chi connectivity index (χ4n) is 2.13. The van der Waals surface area contributed by atoms with Gasteiger partial charge in [0.25, 0.3) is 0 Å². The molecule has 1 N–H and O–H groups in total. The summed E-state index contributed by atoms with van der Waals surface area (Å²) in [6.07, 6.45) is 3.13. The number of aromatic carboxylic acids is 1. The first-order chi connectivity index (χ1) is 9.52. The Morgan fingerprint density at radius 3 is 2.75 bits per heavy atom. The maximum absolute atomic E-state index is 13.6. The maximum atomic E-state index is 13.6. The Morgan fingerprint density at radius 1 is 1.50 bits per heavy atom. The van der Waals surface area contributed by atoms with Crippen LogP contribution >= 0.6 is 0 Å². The highest BCUT2D eigenvalue weighted by molar-refractivity contribution is 5.92. The van der Waals surface area contributed by atoms with Gasteiger partial charge < -0.3 is 9.67 Å². The minimum Gasteiger partial charge on any atom is -0.477 e. The predicted octanol–water partition coefficient (Wildman–Crippen LogP) is 1.38. The van der Waals surface area contributed by atoms with Crippen molar-refractivity contribution in [1.29, 1.82) is 0 Å². The number of aromatic nitrogens is 2. The van der Waals surface area contributed by atoms with Crippen LogP contribution in [0.4, 0.5) is 4.39 Å². The molecule has 0 bridgehead atoms. The quantitative estimate of drug-likeness (QED) is 0.855. The van der Waals surface area contributed by atoms with E-state index in [1.54, 1.807) is 0 Å². The summed E-state index contributed by atoms with van der Waals surface area (Å²) in [7, 11) is 0. The number of carbonyl (C=O) groups excluding carboxylic acids is 1. The number of hydrogen-bond acceptors (Lipinski definition) is 4. The summed E-state index contributed by atoms with van der Waals surface area (Å²) in [4.78, 5) is 37.7. The van der Waals surface area contributed by atoms with E-state index in [2.05, 4.69) is 4.98 Å². The van der Waals surface area contributed by atoms with E-state index in [1.165, 1.54) is 10.8 Å². The van der Waals surface area contributed by atoms with Crippen molar-refractivity contribution in [2.45, 2.75) is 18.9 Å². The Labute approximate surface area is 111 Å². The number of carbonyl (C=O) groups is 2. The molecule has 0 saturated heterocycles. The van der Waals surface area contributed by atoms with Gasteiger partial charge >= 0.3 is 5.97 Å². The van der Waals surface area contributed by atoms with Gasteiger partial charge in [-0.1, -0.05) is 0 Å². The second kappa shape index (κ2) is 4.22. The van der Waals surface area contributed by atoms with Gasteiger partial charge in [0.2, 0.25) is 5.43 Å². The zero-order valence-corrected chi connectivity index (χ0v) is 10.2. The molecular weight excluding hydrogens is 267 g/mol. The molecule has 1 fully saturated rings. The fraction of sp³-hybridized carbons (Fsp3) is 0.231. The lowest BCUT2D eigenvalue weighted by Crippen LogP contribution is -2.20. The van der Waals surface area contributed by atoms with Crippen molar-refractivity contribution >= 4 is 23.3 Å². The SMILES string of the molecule is O=Cc1nc2c(cc1F)c(=O)c(C(=O)O)cn2C1CC1. The average Bonchev–Trinajstić information content (AvgIpc) is 3.23. The Balaban J connectivity index is 2.45. The summed E-state index contributed by atoms with van der Waals surface area (Å²) in [5.41, 5.74) is -1.47. The normalized spacial score (nSPS) is 14.4. The molecule has 1 saturated carbocycles. The topological polar surface area (TPSA) is 89.3 Å². The summed E-state index contributed by atoms with van der Waals surface area (Å²) in [6.45, 7) is 0. The van der Waals surface area contributed by atoms with Crippen molar-refractivity contribution < 1.29 is 19.1 Å². The first-order valence-corrected chi connectivity index (χ1v) is 5.96. The van der Waals surface area contributed by atoms with Gasteiger partial charge in [0.1, 0.15) is 16.9 Å². The lowest BCUT2D eigenvalue weighted by molar-refractivity contribution is 0.0694. The number of hydrogen-bond donors (Lipinski definition) is 1. The van der Waals surface area contributed by atoms with Crippen molar-refractivity contribution in [3.63, 3.8) is 0 Å². The van der Waals surface area contributed by atoms with Crippen LogP contribution in [0.1, 0.15) is 39.7 Å². The number of pyridine rings is 2. The standard InChI is InChI=1S/C13H9FN2O4/c14-9-3-7-11(18)8(13(19)20)4-16(6-1-2-6)12(7)15-10(9)5-17/h3-6H,1-2H2,(H,19,20). The van der Waals surface area contributed by atoms with E-state index in [1.807, 2.05) is 0 Å². The molecule has 1 aliphatic carbocycles. The first kappa shape index (κ1) is 12.5. The number of fused-ring (bicyclic) bond motifs is 1. The fourth-order valence-corrected chi connectivity index (χ4v) is 2.13. The van der Waals surface area contributed by atoms with E-state index < -0.39 is 28.5 Å². The number of halogens is 1. The van der Waals surface area contributed by atoms with Gasteiger partial charge in [-0.3, -0.25) is 9.59 Å². The van der Waals surface area contributed by atoms with Gasteiger partial charge in [-0.25, -0.2) is 14.2 Å². The third-order valence-electron chi connectivity index (χ3n) is 3.27. The zero-order valence-electron chi connectivity index (χ0n) is 10.2. The second-order valence-corrected chi connectivity index (χ2v) is 4.66. The summed E-state index contributed by atoms with van der Waals surface area (Å²) in [5, 5.41) is 8.91. The summed E-state index contributed by atoms with van der Waals surface area (Å²) < 4.78 is 15.1. The molecule has 0 unspecified atom stereocenters. The third-order valence-corrected chi connectivity index (χ3v) is 3.27. The molecule has 0 atom stereocenters. The van der Waals surface area contributed by atoms with Gasteiger partial charge in [0, 0.05) is 12.2 Å². The van der Waals surface area contributed by atoms with Crippen LogP contribution < -0.4 is 5.43 Å². The highest BCUT2D eigenvalue weighted by atomic mass is 19.1. The van der Waals surface area contributed by atoms with Crippen molar-refractivity contribution in [2.75, 3.05) is 0 Å². The van der Waals surface area contributed by atoms with Crippen LogP contribution in [0.25, 0.3) is 11.0 Å². The minimum atomic E-state index is -1.37. The molecule has 2 aromatic rings. The van der Waals surface area contributed by atoms with Gasteiger partial charge in [0.15, 0.2) is 12.1 Å². The molecule has 2 heterocycles. The summed E-state index contributed by atoms with van der Waals surface area (Å²) >= 11 is 0. The van der Waals surface area contributed by atoms with Crippen molar-refractivity contribution in [1.82, 2.24) is 9.55 Å². The van der Waals surface area contributed by atoms with E-state index in [0.717, 1.165) is 18.9 Å². The van der Waals surface area contributed by atoms with E-state index >= 15 is 0 Å². The molecule has 3 rings (SSSR count). The van der Waals surface area contributed by atoms with Crippen LogP contribution in [0.15, 0.2) is 17.1 Å². The smallest absolute Gasteiger partial charge is 0.341 e. The van der Waals surface area contributed by atoms with Crippen LogP contribution in [0.2, 0.25) is 0 Å². The molecule has 0 spiro atoms. The van der Waals surface area contributed by atoms with Crippen molar-refractivity contribution in [3.05, 3.63) is 39.6 Å². The summed E-state index contributed by atoms with van der Waals surface area (Å²) in [6, 6.07) is 0.911. The number of aldehydes is 1. The monoisotopic (exact) mass is 276 g/mol. The van der Waals surface area contributed by atoms with Gasteiger partial charge in [-0.05, 0) is 18.9 Å². The Morgan fingerprint density at radius 2 is 2.20 bits per heavy atom. The highest BCUT2D eigenvalue weighted by Gasteiger charge is 2.28. The molecule has 102 valence electrons. The Kier molecular flexibility index (Phi) is 2.63. The lowest BCUT2D eigenvalue weighted by Gasteiger charge is -2.10. The van der Waals surface area contributed by atoms with Crippen molar-refractivity contribution in [3.8, 4) is 0 Å². The molecule has 7 heteroatoms. The van der Waals surface area contributed by atoms with Crippen LogP contribution in [-0.2, 0) is 0 Å². The lowest BCUT2D eigenvalue weighted by atomic mass is 10.1. The molecule has 6 nitrogen and oxygen atoms in total. The van der Waals surface area contributed by atoms with Crippen molar-refractivity contribution in [2.24, 2.45) is 0 Å². The molecule has 0 radical (unpaired) electrons. The zero-order chi connectivity index (χ0) is 14.4. The van der Waals surface area contributed by atoms with Crippen LogP contribution in [-0.4, -0.2) is 26.9 Å². The maximum Gasteiger partial charge on any atom is 0.341 e. The number of rotatable bonds is 3. The second-order valence-electron chi connectivity index (χ2n) is 4.66. The molecule has 0 amide bonds. The Bertz CT molecular complexity index is 808. The molecule has 0 aromatic carbocycles. The summed E-state index contributed by atoms with van der Waals surface area (Å²) in [5.74, 6) is -2.30. The van der Waals surface area contributed by atoms with E-state index in [9.17, 15) is 18.8 Å². The number of carboxylic acid groups (broad SMARTS) is 1. The van der Waals surface area contributed by atoms with E-state index in [0.29, 0.717) is 0 Å². The van der Waals surface area contributed by atoms with Crippen LogP contribution in [0.5, 0.6) is 0 Å². The van der Waals surface area contributed by atoms with Crippen LogP contribution in [0.3, 0.4) is 0 Å². The van der Waals surface area contributed by atoms with Gasteiger partial charge in [-0.2, -0.15) is 0 Å². The average molecular weight is 276 g/mol. The highest BCUT2D eigenvalue weighted by Crippen LogP contribution is 2.36. The number of carboxylic acids is 1. The number of nitrogens with zero attached hydrogens (tertiary/aromatic N) is 2. The van der Waals surface area contributed by atoms with Gasteiger partial charge in [-0.15, -0.1) is 0 Å². The molecular formula is C13H9FN2O4. The molecule has 2 aromatic heterocycles. The Hall–Kier alpha value is -2.57. The van der Waals surface area contributed by atoms with Gasteiger partial charge in [0.05, 0.1) is 5.39 Å². The van der Waals surface area contributed by atoms with E-state index in [-0.39, 0.29) is 23.4 Å². The molecule has 20 heavy (non-hydrogen) atoms. The molecule has 1 aliphatic rings. The van der Waals surface area contributed by atoms with Crippen LogP contribution in [0, 0.1) is 5.82 Å². The van der Waals surface area contributed by atoms with E-state index in [4.69, 9.17) is 5.11 Å².